The van der Waals surface area contributed by atoms with Gasteiger partial charge in [-0.25, -0.2) is 4.98 Å². The first-order valence-corrected chi connectivity index (χ1v) is 6.74. The monoisotopic (exact) mass is 331 g/mol. The Bertz CT molecular complexity index is 619. The first-order valence-electron chi connectivity index (χ1n) is 5.20. The van der Waals surface area contributed by atoms with Crippen molar-refractivity contribution in [2.24, 2.45) is 0 Å². The third-order valence-corrected chi connectivity index (χ3v) is 3.24. The van der Waals surface area contributed by atoms with Gasteiger partial charge in [-0.15, -0.1) is 0 Å². The van der Waals surface area contributed by atoms with Crippen molar-refractivity contribution < 1.29 is 0 Å². The second kappa shape index (κ2) is 6.39. The molecule has 0 radical (unpaired) electrons. The van der Waals surface area contributed by atoms with Gasteiger partial charge in [0.2, 0.25) is 0 Å². The summed E-state index contributed by atoms with van der Waals surface area (Å²) in [5, 5.41) is 7.63. The Hall–Kier alpha value is -1.07. The van der Waals surface area contributed by atoms with Crippen LogP contribution in [0.15, 0.2) is 36.5 Å². The Kier molecular flexibility index (Phi) is 4.82. The molecule has 2 rings (SSSR count). The molecule has 0 spiro atoms. The molecule has 0 aliphatic rings. The van der Waals surface area contributed by atoms with Crippen LogP contribution in [0.3, 0.4) is 0 Å². The third-order valence-electron chi connectivity index (χ3n) is 2.19. The average molecular weight is 333 g/mol. The van der Waals surface area contributed by atoms with Crippen molar-refractivity contribution in [2.75, 3.05) is 10.6 Å². The molecule has 0 fully saturated rings. The Morgan fingerprint density at radius 2 is 1.79 bits per heavy atom. The van der Waals surface area contributed by atoms with E-state index in [1.54, 1.807) is 36.5 Å². The van der Waals surface area contributed by atoms with Crippen molar-refractivity contribution in [1.29, 1.82) is 0 Å². The Morgan fingerprint density at radius 1 is 1.05 bits per heavy atom. The fraction of sp³-hybridized carbons (Fsp3) is 0. The zero-order chi connectivity index (χ0) is 13.8. The van der Waals surface area contributed by atoms with E-state index in [0.29, 0.717) is 31.7 Å². The van der Waals surface area contributed by atoms with Crippen LogP contribution in [-0.2, 0) is 0 Å². The standard InChI is InChI=1S/C12H8Cl3N3S/c13-7-3-4-9(8(14)6-7)17-12(19)18-10-2-1-5-16-11(10)15/h1-6H,(H2,17,18,19). The molecule has 0 bridgehead atoms. The van der Waals surface area contributed by atoms with Crippen LogP contribution in [0.2, 0.25) is 15.2 Å². The number of thiocarbonyl (C=S) groups is 1. The van der Waals surface area contributed by atoms with Crippen LogP contribution in [0, 0.1) is 0 Å². The molecule has 0 amide bonds. The number of nitrogens with zero attached hydrogens (tertiary/aromatic N) is 1. The van der Waals surface area contributed by atoms with E-state index in [1.165, 1.54) is 0 Å². The lowest BCUT2D eigenvalue weighted by molar-refractivity contribution is 1.33. The summed E-state index contributed by atoms with van der Waals surface area (Å²) < 4.78 is 0. The van der Waals surface area contributed by atoms with Gasteiger partial charge in [-0.3, -0.25) is 0 Å². The fourth-order valence-corrected chi connectivity index (χ4v) is 2.19. The van der Waals surface area contributed by atoms with Gasteiger partial charge >= 0.3 is 0 Å². The maximum absolute atomic E-state index is 6.04. The molecule has 0 aliphatic carbocycles. The number of benzene rings is 1. The van der Waals surface area contributed by atoms with Gasteiger partial charge in [0.1, 0.15) is 0 Å². The molecular formula is C12H8Cl3N3S. The molecule has 0 atom stereocenters. The zero-order valence-electron chi connectivity index (χ0n) is 9.45. The average Bonchev–Trinajstić information content (AvgIpc) is 2.36. The summed E-state index contributed by atoms with van der Waals surface area (Å²) in [7, 11) is 0. The van der Waals surface area contributed by atoms with E-state index in [1.807, 2.05) is 0 Å². The summed E-state index contributed by atoms with van der Waals surface area (Å²) in [6.07, 6.45) is 1.60. The Balaban J connectivity index is 2.08. The first-order chi connectivity index (χ1) is 9.06. The minimum absolute atomic E-state index is 0.342. The second-order valence-corrected chi connectivity index (χ2v) is 5.15. The van der Waals surface area contributed by atoms with E-state index in [-0.39, 0.29) is 0 Å². The lowest BCUT2D eigenvalue weighted by Crippen LogP contribution is -2.19. The molecule has 1 aromatic carbocycles. The minimum atomic E-state index is 0.342. The van der Waals surface area contributed by atoms with E-state index in [2.05, 4.69) is 15.6 Å². The van der Waals surface area contributed by atoms with E-state index in [9.17, 15) is 0 Å². The topological polar surface area (TPSA) is 37.0 Å². The fourth-order valence-electron chi connectivity index (χ4n) is 1.35. The number of rotatable bonds is 2. The van der Waals surface area contributed by atoms with Crippen LogP contribution >= 0.6 is 47.0 Å². The molecule has 1 heterocycles. The number of nitrogens with one attached hydrogen (secondary N) is 2. The van der Waals surface area contributed by atoms with Gasteiger partial charge in [-0.1, -0.05) is 34.8 Å². The zero-order valence-corrected chi connectivity index (χ0v) is 12.5. The van der Waals surface area contributed by atoms with Gasteiger partial charge in [0.05, 0.1) is 16.4 Å². The number of aromatic nitrogens is 1. The van der Waals surface area contributed by atoms with Crippen LogP contribution < -0.4 is 10.6 Å². The molecule has 0 aliphatic heterocycles. The molecule has 0 saturated heterocycles. The first kappa shape index (κ1) is 14.3. The highest BCUT2D eigenvalue weighted by Crippen LogP contribution is 2.26. The van der Waals surface area contributed by atoms with Crippen LogP contribution in [0.4, 0.5) is 11.4 Å². The molecule has 2 N–H and O–H groups in total. The lowest BCUT2D eigenvalue weighted by Gasteiger charge is -2.12. The highest BCUT2D eigenvalue weighted by molar-refractivity contribution is 7.80. The third kappa shape index (κ3) is 3.94. The summed E-state index contributed by atoms with van der Waals surface area (Å²) in [5.41, 5.74) is 1.27. The van der Waals surface area contributed by atoms with Crippen molar-refractivity contribution in [1.82, 2.24) is 4.98 Å². The molecule has 98 valence electrons. The lowest BCUT2D eigenvalue weighted by atomic mass is 10.3. The van der Waals surface area contributed by atoms with Crippen LogP contribution in [-0.4, -0.2) is 10.1 Å². The smallest absolute Gasteiger partial charge is 0.175 e. The normalized spacial score (nSPS) is 10.1. The van der Waals surface area contributed by atoms with E-state index < -0.39 is 0 Å². The van der Waals surface area contributed by atoms with Crippen LogP contribution in [0.5, 0.6) is 0 Å². The maximum atomic E-state index is 6.04. The maximum Gasteiger partial charge on any atom is 0.175 e. The second-order valence-electron chi connectivity index (χ2n) is 3.55. The van der Waals surface area contributed by atoms with Gasteiger partial charge in [-0.05, 0) is 42.5 Å². The quantitative estimate of drug-likeness (QED) is 0.609. The van der Waals surface area contributed by atoms with Gasteiger partial charge in [0.15, 0.2) is 10.3 Å². The number of halogens is 3. The van der Waals surface area contributed by atoms with Crippen LogP contribution in [0.1, 0.15) is 0 Å². The van der Waals surface area contributed by atoms with Crippen molar-refractivity contribution in [3.63, 3.8) is 0 Å². The van der Waals surface area contributed by atoms with Gasteiger partial charge < -0.3 is 10.6 Å². The molecule has 1 aromatic heterocycles. The number of hydrogen-bond donors (Lipinski definition) is 2. The van der Waals surface area contributed by atoms with Gasteiger partial charge in [0, 0.05) is 11.2 Å². The molecule has 0 unspecified atom stereocenters. The molecule has 2 aromatic rings. The molecule has 3 nitrogen and oxygen atoms in total. The highest BCUT2D eigenvalue weighted by atomic mass is 35.5. The SMILES string of the molecule is S=C(Nc1ccc(Cl)cc1Cl)Nc1cccnc1Cl. The largest absolute Gasteiger partial charge is 0.331 e. The highest BCUT2D eigenvalue weighted by Gasteiger charge is 2.06. The van der Waals surface area contributed by atoms with Crippen LogP contribution in [0.25, 0.3) is 0 Å². The van der Waals surface area contributed by atoms with E-state index in [0.717, 1.165) is 0 Å². The number of pyridine rings is 1. The van der Waals surface area contributed by atoms with Gasteiger partial charge in [-0.2, -0.15) is 0 Å². The van der Waals surface area contributed by atoms with E-state index in [4.69, 9.17) is 47.0 Å². The van der Waals surface area contributed by atoms with Crippen molar-refractivity contribution >= 4 is 63.5 Å². The summed E-state index contributed by atoms with van der Waals surface area (Å²) >= 11 is 22.9. The molecule has 0 saturated carbocycles. The summed E-state index contributed by atoms with van der Waals surface area (Å²) in [6.45, 7) is 0. The summed E-state index contributed by atoms with van der Waals surface area (Å²) in [5.74, 6) is 0. The van der Waals surface area contributed by atoms with Crippen molar-refractivity contribution in [2.45, 2.75) is 0 Å². The van der Waals surface area contributed by atoms with Crippen molar-refractivity contribution in [3.8, 4) is 0 Å². The predicted molar refractivity (Wildman–Crippen MR) is 85.6 cm³/mol. The molecular weight excluding hydrogens is 325 g/mol. The minimum Gasteiger partial charge on any atom is -0.331 e. The Morgan fingerprint density at radius 3 is 2.47 bits per heavy atom. The number of anilines is 2. The van der Waals surface area contributed by atoms with Gasteiger partial charge in [0.25, 0.3) is 0 Å². The molecule has 7 heteroatoms. The van der Waals surface area contributed by atoms with E-state index >= 15 is 0 Å². The number of hydrogen-bond acceptors (Lipinski definition) is 2. The Labute approximate surface area is 130 Å². The predicted octanol–water partition coefficient (Wildman–Crippen LogP) is 4.85. The summed E-state index contributed by atoms with van der Waals surface area (Å²) in [6, 6.07) is 8.61. The van der Waals surface area contributed by atoms with Crippen molar-refractivity contribution in [3.05, 3.63) is 51.7 Å². The summed E-state index contributed by atoms with van der Waals surface area (Å²) in [4.78, 5) is 3.94. The molecule has 19 heavy (non-hydrogen) atoms.